The van der Waals surface area contributed by atoms with Crippen molar-refractivity contribution >= 4 is 27.5 Å². The summed E-state index contributed by atoms with van der Waals surface area (Å²) in [7, 11) is 1.92. The Morgan fingerprint density at radius 3 is 2.53 bits per heavy atom. The molecule has 166 valence electrons. The van der Waals surface area contributed by atoms with Crippen LogP contribution in [0.15, 0.2) is 65.1 Å². The van der Waals surface area contributed by atoms with Crippen molar-refractivity contribution in [3.63, 3.8) is 0 Å². The lowest BCUT2D eigenvalue weighted by Gasteiger charge is -2.16. The molecule has 3 aromatic rings. The van der Waals surface area contributed by atoms with Crippen molar-refractivity contribution in [3.8, 4) is 35.0 Å². The molecule has 0 saturated carbocycles. The standard InChI is InChI=1S/C26H26BrClN2O2/c1-3-14-31-24-16-25(23(28)15-21(24)17-30-13-12-29-2)32-18-20-10-7-11-22(26(20)27)19-8-5-4-6-9-19/h1,4-11,15-16,29-30H,12-14,17-18H2,2H3. The number of likely N-dealkylation sites (N-methyl/N-ethyl adjacent to an activating group) is 1. The highest BCUT2D eigenvalue weighted by molar-refractivity contribution is 9.10. The van der Waals surface area contributed by atoms with Crippen LogP contribution in [0.3, 0.4) is 0 Å². The zero-order chi connectivity index (χ0) is 22.8. The normalized spacial score (nSPS) is 10.6. The molecular weight excluding hydrogens is 488 g/mol. The molecule has 0 radical (unpaired) electrons. The fourth-order valence-electron chi connectivity index (χ4n) is 3.20. The van der Waals surface area contributed by atoms with Crippen LogP contribution in [0.25, 0.3) is 11.1 Å². The smallest absolute Gasteiger partial charge is 0.148 e. The second kappa shape index (κ2) is 12.5. The largest absolute Gasteiger partial charge is 0.487 e. The lowest BCUT2D eigenvalue weighted by molar-refractivity contribution is 0.301. The van der Waals surface area contributed by atoms with E-state index in [-0.39, 0.29) is 6.61 Å². The maximum absolute atomic E-state index is 6.54. The monoisotopic (exact) mass is 512 g/mol. The number of benzene rings is 3. The highest BCUT2D eigenvalue weighted by atomic mass is 79.9. The first kappa shape index (κ1) is 24.2. The van der Waals surface area contributed by atoms with Crippen molar-refractivity contribution < 1.29 is 9.47 Å². The van der Waals surface area contributed by atoms with Crippen molar-refractivity contribution in [2.24, 2.45) is 0 Å². The van der Waals surface area contributed by atoms with Crippen LogP contribution in [0.1, 0.15) is 11.1 Å². The van der Waals surface area contributed by atoms with Crippen molar-refractivity contribution in [1.82, 2.24) is 10.6 Å². The Balaban J connectivity index is 1.78. The third-order valence-corrected chi connectivity index (χ3v) is 6.07. The minimum Gasteiger partial charge on any atom is -0.487 e. The quantitative estimate of drug-likeness (QED) is 0.256. The molecule has 3 aromatic carbocycles. The Kier molecular flexibility index (Phi) is 9.45. The van der Waals surface area contributed by atoms with Crippen LogP contribution in [0.5, 0.6) is 11.5 Å². The van der Waals surface area contributed by atoms with Crippen LogP contribution in [0.2, 0.25) is 5.02 Å². The van der Waals surface area contributed by atoms with E-state index in [0.29, 0.717) is 29.7 Å². The molecule has 6 heteroatoms. The fraction of sp³-hybridized carbons (Fsp3) is 0.231. The van der Waals surface area contributed by atoms with Gasteiger partial charge >= 0.3 is 0 Å². The topological polar surface area (TPSA) is 42.5 Å². The van der Waals surface area contributed by atoms with E-state index in [1.807, 2.05) is 49.5 Å². The summed E-state index contributed by atoms with van der Waals surface area (Å²) in [6.07, 6.45) is 5.39. The van der Waals surface area contributed by atoms with Gasteiger partial charge < -0.3 is 20.1 Å². The highest BCUT2D eigenvalue weighted by Crippen LogP contribution is 2.35. The molecule has 32 heavy (non-hydrogen) atoms. The first-order valence-corrected chi connectivity index (χ1v) is 11.5. The van der Waals surface area contributed by atoms with Crippen LogP contribution in [0.4, 0.5) is 0 Å². The van der Waals surface area contributed by atoms with Gasteiger partial charge in [-0.25, -0.2) is 0 Å². The van der Waals surface area contributed by atoms with E-state index in [2.05, 4.69) is 50.7 Å². The number of hydrogen-bond donors (Lipinski definition) is 2. The van der Waals surface area contributed by atoms with Crippen LogP contribution in [-0.2, 0) is 13.2 Å². The lowest BCUT2D eigenvalue weighted by atomic mass is 10.0. The zero-order valence-electron chi connectivity index (χ0n) is 18.0. The van der Waals surface area contributed by atoms with Crippen molar-refractivity contribution in [3.05, 3.63) is 81.3 Å². The van der Waals surface area contributed by atoms with Gasteiger partial charge in [0.05, 0.1) is 5.02 Å². The molecule has 2 N–H and O–H groups in total. The third-order valence-electron chi connectivity index (χ3n) is 4.84. The molecule has 0 spiro atoms. The van der Waals surface area contributed by atoms with E-state index in [1.165, 1.54) is 0 Å². The summed E-state index contributed by atoms with van der Waals surface area (Å²) < 4.78 is 12.8. The second-order valence-electron chi connectivity index (χ2n) is 7.10. The minimum absolute atomic E-state index is 0.176. The zero-order valence-corrected chi connectivity index (χ0v) is 20.3. The Morgan fingerprint density at radius 2 is 1.78 bits per heavy atom. The summed E-state index contributed by atoms with van der Waals surface area (Å²) in [4.78, 5) is 0. The van der Waals surface area contributed by atoms with E-state index in [9.17, 15) is 0 Å². The Labute approximate surface area is 203 Å². The van der Waals surface area contributed by atoms with Crippen LogP contribution < -0.4 is 20.1 Å². The molecule has 3 rings (SSSR count). The number of terminal acetylenes is 1. The molecule has 0 bridgehead atoms. The van der Waals surface area contributed by atoms with E-state index in [4.69, 9.17) is 27.5 Å². The van der Waals surface area contributed by atoms with Gasteiger partial charge in [0.15, 0.2) is 0 Å². The number of halogens is 2. The summed E-state index contributed by atoms with van der Waals surface area (Å²) in [6, 6.07) is 20.0. The summed E-state index contributed by atoms with van der Waals surface area (Å²) >= 11 is 10.3. The molecule has 0 atom stereocenters. The van der Waals surface area contributed by atoms with Gasteiger partial charge in [-0.1, -0.05) is 66.1 Å². The van der Waals surface area contributed by atoms with E-state index >= 15 is 0 Å². The molecule has 0 aliphatic heterocycles. The SMILES string of the molecule is C#CCOc1cc(OCc2cccc(-c3ccccc3)c2Br)c(Cl)cc1CNCCNC. The maximum Gasteiger partial charge on any atom is 0.148 e. The molecule has 0 aliphatic rings. The molecule has 4 nitrogen and oxygen atoms in total. The minimum atomic E-state index is 0.176. The van der Waals surface area contributed by atoms with Gasteiger partial charge in [-0.2, -0.15) is 0 Å². The molecule has 0 saturated heterocycles. The average Bonchev–Trinajstić information content (AvgIpc) is 2.82. The molecule has 0 amide bonds. The van der Waals surface area contributed by atoms with Gasteiger partial charge in [-0.05, 0) is 40.2 Å². The second-order valence-corrected chi connectivity index (χ2v) is 8.30. The van der Waals surface area contributed by atoms with Crippen molar-refractivity contribution in [2.75, 3.05) is 26.7 Å². The summed E-state index contributed by atoms with van der Waals surface area (Å²) in [5, 5.41) is 6.98. The first-order chi connectivity index (χ1) is 15.6. The number of rotatable bonds is 11. The number of hydrogen-bond acceptors (Lipinski definition) is 4. The molecular formula is C26H26BrClN2O2. The number of ether oxygens (including phenoxy) is 2. The maximum atomic E-state index is 6.54. The van der Waals surface area contributed by atoms with Crippen LogP contribution in [0, 0.1) is 12.3 Å². The molecule has 0 aliphatic carbocycles. The number of nitrogens with one attached hydrogen (secondary N) is 2. The third kappa shape index (κ3) is 6.51. The molecule has 0 unspecified atom stereocenters. The fourth-order valence-corrected chi connectivity index (χ4v) is 4.05. The molecule has 0 heterocycles. The Bertz CT molecular complexity index is 1070. The van der Waals surface area contributed by atoms with Gasteiger partial charge in [0, 0.05) is 41.3 Å². The van der Waals surface area contributed by atoms with Crippen molar-refractivity contribution in [2.45, 2.75) is 13.2 Å². The molecule has 0 aromatic heterocycles. The van der Waals surface area contributed by atoms with Crippen molar-refractivity contribution in [1.29, 1.82) is 0 Å². The van der Waals surface area contributed by atoms with E-state index < -0.39 is 0 Å². The van der Waals surface area contributed by atoms with Gasteiger partial charge in [-0.15, -0.1) is 6.42 Å². The van der Waals surface area contributed by atoms with Gasteiger partial charge in [0.1, 0.15) is 24.7 Å². The lowest BCUT2D eigenvalue weighted by Crippen LogP contribution is -2.24. The van der Waals surface area contributed by atoms with Gasteiger partial charge in [0.25, 0.3) is 0 Å². The van der Waals surface area contributed by atoms with Gasteiger partial charge in [-0.3, -0.25) is 0 Å². The Hall–Kier alpha value is -2.49. The van der Waals surface area contributed by atoms with E-state index in [1.54, 1.807) is 0 Å². The summed E-state index contributed by atoms with van der Waals surface area (Å²) in [5.41, 5.74) is 4.20. The summed E-state index contributed by atoms with van der Waals surface area (Å²) in [5.74, 6) is 3.72. The highest BCUT2D eigenvalue weighted by Gasteiger charge is 2.13. The predicted molar refractivity (Wildman–Crippen MR) is 135 cm³/mol. The molecule has 0 fully saturated rings. The van der Waals surface area contributed by atoms with Gasteiger partial charge in [0.2, 0.25) is 0 Å². The Morgan fingerprint density at radius 1 is 0.969 bits per heavy atom. The average molecular weight is 514 g/mol. The summed E-state index contributed by atoms with van der Waals surface area (Å²) in [6.45, 7) is 2.84. The van der Waals surface area contributed by atoms with Crippen LogP contribution in [-0.4, -0.2) is 26.7 Å². The first-order valence-electron chi connectivity index (χ1n) is 10.3. The van der Waals surface area contributed by atoms with Crippen LogP contribution >= 0.6 is 27.5 Å². The predicted octanol–water partition coefficient (Wildman–Crippen LogP) is 5.67. The van der Waals surface area contributed by atoms with E-state index in [0.717, 1.165) is 39.8 Å².